The van der Waals surface area contributed by atoms with Gasteiger partial charge in [-0.15, -0.1) is 0 Å². The number of hydrogen-bond donors (Lipinski definition) is 1. The average molecular weight is 521 g/mol. The van der Waals surface area contributed by atoms with Crippen LogP contribution < -0.4 is 10.1 Å². The number of esters is 1. The molecule has 172 valence electrons. The molecule has 0 saturated heterocycles. The fourth-order valence-corrected chi connectivity index (χ4v) is 4.16. The Morgan fingerprint density at radius 1 is 1.06 bits per heavy atom. The molecule has 34 heavy (non-hydrogen) atoms. The molecule has 2 heterocycles. The molecule has 2 aromatic carbocycles. The first-order valence-electron chi connectivity index (χ1n) is 10.9. The Hall–Kier alpha value is -3.72. The number of carbonyl (C=O) groups is 2. The summed E-state index contributed by atoms with van der Waals surface area (Å²) in [6.07, 6.45) is 4.39. The van der Waals surface area contributed by atoms with E-state index in [9.17, 15) is 9.59 Å². The highest BCUT2D eigenvalue weighted by Gasteiger charge is 2.29. The molecule has 0 spiro atoms. The van der Waals surface area contributed by atoms with Gasteiger partial charge >= 0.3 is 5.97 Å². The van der Waals surface area contributed by atoms with Crippen LogP contribution in [-0.4, -0.2) is 32.5 Å². The van der Waals surface area contributed by atoms with Gasteiger partial charge in [-0.1, -0.05) is 18.2 Å². The highest BCUT2D eigenvalue weighted by atomic mass is 79.9. The first-order chi connectivity index (χ1) is 16.5. The van der Waals surface area contributed by atoms with Crippen LogP contribution in [0.3, 0.4) is 0 Å². The SMILES string of the molecule is CC(OC(=O)c1ncnc2c1c(Br)cn2C1CC1)C(=O)Nc1ccc(Oc2ccccc2)cc1. The summed E-state index contributed by atoms with van der Waals surface area (Å²) in [7, 11) is 0. The zero-order chi connectivity index (χ0) is 23.7. The number of rotatable bonds is 7. The van der Waals surface area contributed by atoms with Crippen molar-refractivity contribution in [2.45, 2.75) is 31.9 Å². The van der Waals surface area contributed by atoms with Gasteiger partial charge in [-0.25, -0.2) is 14.8 Å². The molecule has 1 aliphatic rings. The molecule has 1 aliphatic carbocycles. The molecule has 0 aliphatic heterocycles. The van der Waals surface area contributed by atoms with Crippen molar-refractivity contribution in [1.82, 2.24) is 14.5 Å². The summed E-state index contributed by atoms with van der Waals surface area (Å²) in [5.74, 6) is 0.221. The van der Waals surface area contributed by atoms with Crippen LogP contribution in [0.5, 0.6) is 11.5 Å². The molecule has 0 bridgehead atoms. The van der Waals surface area contributed by atoms with Crippen molar-refractivity contribution in [3.63, 3.8) is 0 Å². The summed E-state index contributed by atoms with van der Waals surface area (Å²) in [5, 5.41) is 3.33. The molecule has 2 aromatic heterocycles. The van der Waals surface area contributed by atoms with Crippen molar-refractivity contribution in [3.8, 4) is 11.5 Å². The number of aromatic nitrogens is 3. The molecular formula is C25H21BrN4O4. The Labute approximate surface area is 204 Å². The maximum absolute atomic E-state index is 12.9. The standard InChI is InChI=1S/C25H21BrN4O4/c1-15(24(31)29-16-7-11-19(12-8-16)34-18-5-3-2-4-6-18)33-25(32)22-21-20(26)13-30(17-9-10-17)23(21)28-14-27-22/h2-8,11-15,17H,9-10H2,1H3,(H,29,31). The van der Waals surface area contributed by atoms with Crippen LogP contribution in [0.25, 0.3) is 11.0 Å². The molecule has 4 aromatic rings. The van der Waals surface area contributed by atoms with E-state index < -0.39 is 18.0 Å². The zero-order valence-corrected chi connectivity index (χ0v) is 19.9. The lowest BCUT2D eigenvalue weighted by molar-refractivity contribution is -0.123. The molecule has 1 N–H and O–H groups in total. The lowest BCUT2D eigenvalue weighted by Gasteiger charge is -2.14. The van der Waals surface area contributed by atoms with E-state index in [0.717, 1.165) is 23.1 Å². The third-order valence-electron chi connectivity index (χ3n) is 5.45. The minimum Gasteiger partial charge on any atom is -0.457 e. The zero-order valence-electron chi connectivity index (χ0n) is 18.3. The van der Waals surface area contributed by atoms with Crippen molar-refractivity contribution in [2.24, 2.45) is 0 Å². The Balaban J connectivity index is 1.23. The molecule has 8 nitrogen and oxygen atoms in total. The fourth-order valence-electron chi connectivity index (χ4n) is 3.57. The van der Waals surface area contributed by atoms with Gasteiger partial charge in [-0.2, -0.15) is 0 Å². The summed E-state index contributed by atoms with van der Waals surface area (Å²) in [4.78, 5) is 33.9. The number of fused-ring (bicyclic) bond motifs is 1. The fraction of sp³-hybridized carbons (Fsp3) is 0.200. The predicted octanol–water partition coefficient (Wildman–Crippen LogP) is 5.51. The number of amides is 1. The number of carbonyl (C=O) groups excluding carboxylic acids is 2. The average Bonchev–Trinajstić information content (AvgIpc) is 3.64. The second-order valence-corrected chi connectivity index (χ2v) is 8.87. The van der Waals surface area contributed by atoms with Crippen LogP contribution in [0.2, 0.25) is 0 Å². The van der Waals surface area contributed by atoms with Crippen molar-refractivity contribution < 1.29 is 19.1 Å². The second kappa shape index (κ2) is 9.26. The van der Waals surface area contributed by atoms with E-state index in [0.29, 0.717) is 28.5 Å². The number of hydrogen-bond acceptors (Lipinski definition) is 6. The Bertz CT molecular complexity index is 1350. The molecule has 0 radical (unpaired) electrons. The van der Waals surface area contributed by atoms with Crippen LogP contribution in [0, 0.1) is 0 Å². The lowest BCUT2D eigenvalue weighted by Crippen LogP contribution is -2.30. The van der Waals surface area contributed by atoms with Crippen LogP contribution in [0.4, 0.5) is 5.69 Å². The summed E-state index contributed by atoms with van der Waals surface area (Å²) in [6, 6.07) is 16.7. The normalized spacial score (nSPS) is 13.9. The van der Waals surface area contributed by atoms with E-state index in [2.05, 4.69) is 31.2 Å². The number of nitrogens with one attached hydrogen (secondary N) is 1. The van der Waals surface area contributed by atoms with Gasteiger partial charge < -0.3 is 19.4 Å². The molecule has 1 atom stereocenters. The van der Waals surface area contributed by atoms with Gasteiger partial charge in [0.1, 0.15) is 23.5 Å². The lowest BCUT2D eigenvalue weighted by atomic mass is 10.2. The Morgan fingerprint density at radius 2 is 1.76 bits per heavy atom. The molecule has 1 unspecified atom stereocenters. The van der Waals surface area contributed by atoms with Crippen molar-refractivity contribution in [1.29, 1.82) is 0 Å². The maximum Gasteiger partial charge on any atom is 0.358 e. The first kappa shape index (κ1) is 22.1. The first-order valence-corrected chi connectivity index (χ1v) is 11.6. The summed E-state index contributed by atoms with van der Waals surface area (Å²) in [6.45, 7) is 1.52. The van der Waals surface area contributed by atoms with E-state index in [1.54, 1.807) is 24.3 Å². The van der Waals surface area contributed by atoms with Gasteiger partial charge in [0.2, 0.25) is 0 Å². The van der Waals surface area contributed by atoms with E-state index in [-0.39, 0.29) is 5.69 Å². The van der Waals surface area contributed by atoms with Crippen molar-refractivity contribution in [3.05, 3.63) is 77.3 Å². The van der Waals surface area contributed by atoms with E-state index in [1.165, 1.54) is 13.3 Å². The molecule has 1 fully saturated rings. The van der Waals surface area contributed by atoms with Gasteiger partial charge in [0.05, 0.1) is 5.39 Å². The van der Waals surface area contributed by atoms with Crippen LogP contribution in [0.15, 0.2) is 71.6 Å². The number of ether oxygens (including phenoxy) is 2. The summed E-state index contributed by atoms with van der Waals surface area (Å²) in [5.41, 5.74) is 1.35. The van der Waals surface area contributed by atoms with Gasteiger partial charge in [0.25, 0.3) is 5.91 Å². The summed E-state index contributed by atoms with van der Waals surface area (Å²) >= 11 is 3.50. The molecule has 1 amide bonds. The smallest absolute Gasteiger partial charge is 0.358 e. The number of para-hydroxylation sites is 1. The van der Waals surface area contributed by atoms with Crippen molar-refractivity contribution in [2.75, 3.05) is 5.32 Å². The monoisotopic (exact) mass is 520 g/mol. The number of nitrogens with zero attached hydrogens (tertiary/aromatic N) is 3. The third-order valence-corrected chi connectivity index (χ3v) is 6.05. The van der Waals surface area contributed by atoms with E-state index in [1.807, 2.05) is 41.1 Å². The van der Waals surface area contributed by atoms with Crippen LogP contribution in [0.1, 0.15) is 36.3 Å². The number of anilines is 1. The van der Waals surface area contributed by atoms with Crippen molar-refractivity contribution >= 4 is 44.5 Å². The topological polar surface area (TPSA) is 95.3 Å². The number of halogens is 1. The Morgan fingerprint density at radius 3 is 2.47 bits per heavy atom. The third kappa shape index (κ3) is 4.65. The van der Waals surface area contributed by atoms with E-state index in [4.69, 9.17) is 9.47 Å². The minimum atomic E-state index is -1.03. The predicted molar refractivity (Wildman–Crippen MR) is 130 cm³/mol. The Kier molecular flexibility index (Phi) is 6.02. The van der Waals surface area contributed by atoms with Gasteiger partial charge in [0.15, 0.2) is 11.8 Å². The second-order valence-electron chi connectivity index (χ2n) is 8.01. The van der Waals surface area contributed by atoms with Crippen LogP contribution >= 0.6 is 15.9 Å². The van der Waals surface area contributed by atoms with Gasteiger partial charge in [-0.3, -0.25) is 4.79 Å². The molecule has 1 saturated carbocycles. The van der Waals surface area contributed by atoms with Gasteiger partial charge in [0, 0.05) is 22.4 Å². The summed E-state index contributed by atoms with van der Waals surface area (Å²) < 4.78 is 13.9. The van der Waals surface area contributed by atoms with Gasteiger partial charge in [-0.05, 0) is 72.1 Å². The maximum atomic E-state index is 12.9. The minimum absolute atomic E-state index is 0.123. The molecule has 5 rings (SSSR count). The quantitative estimate of drug-likeness (QED) is 0.323. The molecular weight excluding hydrogens is 500 g/mol. The number of benzene rings is 2. The van der Waals surface area contributed by atoms with Crippen LogP contribution in [-0.2, 0) is 9.53 Å². The molecule has 9 heteroatoms. The van der Waals surface area contributed by atoms with E-state index >= 15 is 0 Å². The highest BCUT2D eigenvalue weighted by molar-refractivity contribution is 9.10. The largest absolute Gasteiger partial charge is 0.457 e. The highest BCUT2D eigenvalue weighted by Crippen LogP contribution is 2.40.